The minimum atomic E-state index is 0.537. The van der Waals surface area contributed by atoms with Crippen LogP contribution < -0.4 is 10.1 Å². The van der Waals surface area contributed by atoms with E-state index in [1.165, 1.54) is 24.8 Å². The number of benzene rings is 1. The van der Waals surface area contributed by atoms with E-state index in [1.807, 2.05) is 6.07 Å². The predicted octanol–water partition coefficient (Wildman–Crippen LogP) is 2.94. The highest BCUT2D eigenvalue weighted by molar-refractivity contribution is 5.39. The summed E-state index contributed by atoms with van der Waals surface area (Å²) in [5.41, 5.74) is 1.94. The Morgan fingerprint density at radius 3 is 2.94 bits per heavy atom. The van der Waals surface area contributed by atoms with Crippen molar-refractivity contribution in [3.8, 4) is 5.75 Å². The molecule has 1 aromatic rings. The fourth-order valence-corrected chi connectivity index (χ4v) is 2.90. The average molecular weight is 231 g/mol. The van der Waals surface area contributed by atoms with Crippen LogP contribution in [0.4, 0.5) is 0 Å². The summed E-state index contributed by atoms with van der Waals surface area (Å²) in [7, 11) is 0. The van der Waals surface area contributed by atoms with Gasteiger partial charge in [0.05, 0.1) is 6.61 Å². The molecule has 0 aromatic heterocycles. The molecule has 2 heteroatoms. The third-order valence-electron chi connectivity index (χ3n) is 4.30. The van der Waals surface area contributed by atoms with E-state index in [4.69, 9.17) is 4.74 Å². The number of hydrogen-bond acceptors (Lipinski definition) is 2. The van der Waals surface area contributed by atoms with E-state index in [2.05, 4.69) is 30.4 Å². The van der Waals surface area contributed by atoms with Crippen LogP contribution in [-0.2, 0) is 0 Å². The summed E-state index contributed by atoms with van der Waals surface area (Å²) in [4.78, 5) is 0. The first kappa shape index (κ1) is 11.1. The highest BCUT2D eigenvalue weighted by atomic mass is 16.5. The molecule has 0 spiro atoms. The van der Waals surface area contributed by atoms with Crippen LogP contribution in [0.1, 0.15) is 37.7 Å². The van der Waals surface area contributed by atoms with Crippen molar-refractivity contribution in [3.05, 3.63) is 29.8 Å². The maximum Gasteiger partial charge on any atom is 0.122 e. The molecule has 0 saturated heterocycles. The summed E-state index contributed by atoms with van der Waals surface area (Å²) >= 11 is 0. The second kappa shape index (κ2) is 4.34. The highest BCUT2D eigenvalue weighted by Gasteiger charge is 2.31. The van der Waals surface area contributed by atoms with E-state index in [1.54, 1.807) is 0 Å². The molecule has 1 fully saturated rings. The summed E-state index contributed by atoms with van der Waals surface area (Å²) in [5.74, 6) is 1.61. The Morgan fingerprint density at radius 1 is 1.35 bits per heavy atom. The van der Waals surface area contributed by atoms with Crippen molar-refractivity contribution in [2.75, 3.05) is 19.7 Å². The molecule has 17 heavy (non-hydrogen) atoms. The van der Waals surface area contributed by atoms with Crippen LogP contribution in [0.5, 0.6) is 5.75 Å². The zero-order valence-electron chi connectivity index (χ0n) is 10.5. The van der Waals surface area contributed by atoms with Crippen LogP contribution in [0, 0.1) is 5.41 Å². The third-order valence-corrected chi connectivity index (χ3v) is 4.30. The molecule has 1 atom stereocenters. The van der Waals surface area contributed by atoms with Crippen molar-refractivity contribution in [3.63, 3.8) is 0 Å². The van der Waals surface area contributed by atoms with Crippen LogP contribution in [0.15, 0.2) is 24.3 Å². The van der Waals surface area contributed by atoms with E-state index < -0.39 is 0 Å². The molecule has 1 aromatic carbocycles. The molecule has 1 aliphatic heterocycles. The third kappa shape index (κ3) is 2.19. The molecule has 1 saturated carbocycles. The number of para-hydroxylation sites is 1. The predicted molar refractivity (Wildman–Crippen MR) is 69.5 cm³/mol. The van der Waals surface area contributed by atoms with E-state index in [-0.39, 0.29) is 0 Å². The average Bonchev–Trinajstić information content (AvgIpc) is 2.71. The second-order valence-corrected chi connectivity index (χ2v) is 5.84. The first-order valence-electron chi connectivity index (χ1n) is 6.69. The van der Waals surface area contributed by atoms with Crippen molar-refractivity contribution in [1.29, 1.82) is 0 Å². The fraction of sp³-hybridized carbons (Fsp3) is 0.600. The normalized spacial score (nSPS) is 24.9. The molecule has 2 nitrogen and oxygen atoms in total. The van der Waals surface area contributed by atoms with Crippen molar-refractivity contribution >= 4 is 0 Å². The van der Waals surface area contributed by atoms with E-state index >= 15 is 0 Å². The van der Waals surface area contributed by atoms with Gasteiger partial charge in [0, 0.05) is 24.6 Å². The lowest BCUT2D eigenvalue weighted by molar-refractivity contribution is 0.155. The molecule has 1 N–H and O–H groups in total. The van der Waals surface area contributed by atoms with Crippen molar-refractivity contribution in [2.24, 2.45) is 5.41 Å². The lowest BCUT2D eigenvalue weighted by Gasteiger charge is -2.38. The molecular weight excluding hydrogens is 210 g/mol. The standard InChI is InChI=1S/C15H21NO/c1-15(7-4-8-15)11-16-9-12-10-17-14-6-3-2-5-13(12)14/h2-3,5-6,12,16H,4,7-11H2,1H3. The summed E-state index contributed by atoms with van der Waals surface area (Å²) in [6.45, 7) is 5.43. The summed E-state index contributed by atoms with van der Waals surface area (Å²) < 4.78 is 5.69. The molecule has 1 heterocycles. The monoisotopic (exact) mass is 231 g/mol. The van der Waals surface area contributed by atoms with Gasteiger partial charge in [-0.1, -0.05) is 31.5 Å². The number of nitrogens with one attached hydrogen (secondary N) is 1. The largest absolute Gasteiger partial charge is 0.493 e. The molecular formula is C15H21NO. The second-order valence-electron chi connectivity index (χ2n) is 5.84. The fourth-order valence-electron chi connectivity index (χ4n) is 2.90. The zero-order valence-corrected chi connectivity index (χ0v) is 10.5. The van der Waals surface area contributed by atoms with Gasteiger partial charge in [-0.05, 0) is 24.3 Å². The van der Waals surface area contributed by atoms with Gasteiger partial charge in [0.25, 0.3) is 0 Å². The lowest BCUT2D eigenvalue weighted by atomic mass is 9.70. The number of ether oxygens (including phenoxy) is 1. The minimum absolute atomic E-state index is 0.537. The topological polar surface area (TPSA) is 21.3 Å². The Hall–Kier alpha value is -1.02. The van der Waals surface area contributed by atoms with Gasteiger partial charge in [-0.25, -0.2) is 0 Å². The maximum atomic E-state index is 5.69. The summed E-state index contributed by atoms with van der Waals surface area (Å²) in [5, 5.41) is 3.63. The molecule has 92 valence electrons. The first-order valence-corrected chi connectivity index (χ1v) is 6.69. The number of rotatable bonds is 4. The Kier molecular flexibility index (Phi) is 2.83. The smallest absolute Gasteiger partial charge is 0.122 e. The molecule has 3 rings (SSSR count). The van der Waals surface area contributed by atoms with Crippen LogP contribution >= 0.6 is 0 Å². The van der Waals surface area contributed by atoms with Gasteiger partial charge in [-0.15, -0.1) is 0 Å². The zero-order chi connectivity index (χ0) is 11.7. The Bertz CT molecular complexity index is 398. The molecule has 0 radical (unpaired) electrons. The van der Waals surface area contributed by atoms with Crippen molar-refractivity contribution < 1.29 is 4.74 Å². The number of fused-ring (bicyclic) bond motifs is 1. The van der Waals surface area contributed by atoms with Gasteiger partial charge in [0.1, 0.15) is 5.75 Å². The van der Waals surface area contributed by atoms with Crippen LogP contribution in [0.2, 0.25) is 0 Å². The van der Waals surface area contributed by atoms with Gasteiger partial charge < -0.3 is 10.1 Å². The molecule has 1 unspecified atom stereocenters. The molecule has 1 aliphatic carbocycles. The van der Waals surface area contributed by atoms with Gasteiger partial charge >= 0.3 is 0 Å². The maximum absolute atomic E-state index is 5.69. The van der Waals surface area contributed by atoms with E-state index in [0.29, 0.717) is 11.3 Å². The first-order chi connectivity index (χ1) is 8.27. The van der Waals surface area contributed by atoms with Gasteiger partial charge in [0.2, 0.25) is 0 Å². The van der Waals surface area contributed by atoms with Crippen LogP contribution in [0.25, 0.3) is 0 Å². The van der Waals surface area contributed by atoms with Crippen molar-refractivity contribution in [1.82, 2.24) is 5.32 Å². The van der Waals surface area contributed by atoms with Gasteiger partial charge in [-0.3, -0.25) is 0 Å². The summed E-state index contributed by atoms with van der Waals surface area (Å²) in [6, 6.07) is 8.42. The Morgan fingerprint density at radius 2 is 2.18 bits per heavy atom. The molecule has 2 aliphatic rings. The quantitative estimate of drug-likeness (QED) is 0.860. The van der Waals surface area contributed by atoms with Crippen LogP contribution in [-0.4, -0.2) is 19.7 Å². The number of hydrogen-bond donors (Lipinski definition) is 1. The van der Waals surface area contributed by atoms with Crippen molar-refractivity contribution in [2.45, 2.75) is 32.1 Å². The molecule has 0 bridgehead atoms. The minimum Gasteiger partial charge on any atom is -0.493 e. The SMILES string of the molecule is CC1(CNCC2COc3ccccc32)CCC1. The van der Waals surface area contributed by atoms with E-state index in [9.17, 15) is 0 Å². The Balaban J connectivity index is 1.53. The highest BCUT2D eigenvalue weighted by Crippen LogP contribution is 2.39. The summed E-state index contributed by atoms with van der Waals surface area (Å²) in [6.07, 6.45) is 4.18. The Labute approximate surface area is 103 Å². The molecule has 0 amide bonds. The van der Waals surface area contributed by atoms with E-state index in [0.717, 1.165) is 25.4 Å². The van der Waals surface area contributed by atoms with Crippen LogP contribution in [0.3, 0.4) is 0 Å². The van der Waals surface area contributed by atoms with Gasteiger partial charge in [-0.2, -0.15) is 0 Å². The van der Waals surface area contributed by atoms with Gasteiger partial charge in [0.15, 0.2) is 0 Å². The lowest BCUT2D eigenvalue weighted by Crippen LogP contribution is -2.38.